The highest BCUT2D eigenvalue weighted by molar-refractivity contribution is 5.85. The third-order valence-corrected chi connectivity index (χ3v) is 15.4. The zero-order valence-electron chi connectivity index (χ0n) is 38.1. The number of hydrogen-bond donors (Lipinski definition) is 0. The fourth-order valence-corrected chi connectivity index (χ4v) is 11.7. The van der Waals surface area contributed by atoms with Crippen molar-refractivity contribution in [2.45, 2.75) is 109 Å². The van der Waals surface area contributed by atoms with Gasteiger partial charge in [-0.2, -0.15) is 0 Å². The summed E-state index contributed by atoms with van der Waals surface area (Å²) in [5.74, 6) is 0.705. The third kappa shape index (κ3) is 7.68. The lowest BCUT2D eigenvalue weighted by molar-refractivity contribution is -0.725. The van der Waals surface area contributed by atoms with Crippen molar-refractivity contribution in [2.24, 2.45) is 11.3 Å². The molecule has 0 unspecified atom stereocenters. The first-order valence-electron chi connectivity index (χ1n) is 23.8. The number of nitrogens with zero attached hydrogens (tertiary/aromatic N) is 3. The molecule has 1 heterocycles. The molecule has 0 spiro atoms. The Morgan fingerprint density at radius 1 is 0.460 bits per heavy atom. The Morgan fingerprint density at radius 2 is 0.921 bits per heavy atom. The van der Waals surface area contributed by atoms with E-state index in [4.69, 9.17) is 0 Å². The number of benzene rings is 6. The van der Waals surface area contributed by atoms with Crippen LogP contribution in [0.4, 0.5) is 34.1 Å². The smallest absolute Gasteiger partial charge is 0.171 e. The van der Waals surface area contributed by atoms with Gasteiger partial charge in [-0.05, 0) is 144 Å². The van der Waals surface area contributed by atoms with Crippen LogP contribution in [0.2, 0.25) is 0 Å². The van der Waals surface area contributed by atoms with E-state index in [9.17, 15) is 0 Å². The van der Waals surface area contributed by atoms with Gasteiger partial charge in [-0.15, -0.1) is 0 Å². The van der Waals surface area contributed by atoms with Crippen molar-refractivity contribution in [3.63, 3.8) is 0 Å². The molecule has 3 nitrogen and oxygen atoms in total. The Kier molecular flexibility index (Phi) is 10.9. The topological polar surface area (TPSA) is 10.4 Å². The average Bonchev–Trinajstić information content (AvgIpc) is 3.55. The molecular weight excluding hydrogens is 763 g/mol. The maximum absolute atomic E-state index is 2.49. The van der Waals surface area contributed by atoms with Crippen molar-refractivity contribution >= 4 is 34.1 Å². The van der Waals surface area contributed by atoms with E-state index in [1.807, 2.05) is 0 Å². The predicted octanol–water partition coefficient (Wildman–Crippen LogP) is 16.2. The number of aromatic nitrogens is 1. The SMILES string of the molecule is CC1(C)c2ccccc2-c2ccc(N(c3ccc(C4(c5ccc(N(c6ccccc6)c6ccccc6)cc5)CCC(C(C)(C)C)CC4)cc3)c3cc[n+](C4CCCCC4)cc3)cc21. The maximum Gasteiger partial charge on any atom is 0.171 e. The Bertz CT molecular complexity index is 2600. The van der Waals surface area contributed by atoms with Crippen LogP contribution in [-0.4, -0.2) is 0 Å². The summed E-state index contributed by atoms with van der Waals surface area (Å²) in [4.78, 5) is 4.86. The summed E-state index contributed by atoms with van der Waals surface area (Å²) in [7, 11) is 0. The molecule has 0 aliphatic heterocycles. The van der Waals surface area contributed by atoms with Gasteiger partial charge in [0, 0.05) is 64.2 Å². The van der Waals surface area contributed by atoms with E-state index < -0.39 is 0 Å². The molecule has 0 N–H and O–H groups in total. The summed E-state index contributed by atoms with van der Waals surface area (Å²) in [6.07, 6.45) is 16.0. The molecule has 10 rings (SSSR count). The molecule has 318 valence electrons. The van der Waals surface area contributed by atoms with Crippen LogP contribution < -0.4 is 14.4 Å². The Balaban J connectivity index is 1.04. The summed E-state index contributed by atoms with van der Waals surface area (Å²) in [6.45, 7) is 12.1. The largest absolute Gasteiger partial charge is 0.311 e. The van der Waals surface area contributed by atoms with Crippen LogP contribution in [0.15, 0.2) is 176 Å². The lowest BCUT2D eigenvalue weighted by Gasteiger charge is -2.45. The number of anilines is 6. The van der Waals surface area contributed by atoms with Gasteiger partial charge in [0.15, 0.2) is 18.4 Å². The number of fused-ring (bicyclic) bond motifs is 3. The highest BCUT2D eigenvalue weighted by Gasteiger charge is 2.42. The number of hydrogen-bond acceptors (Lipinski definition) is 2. The van der Waals surface area contributed by atoms with Gasteiger partial charge in [0.25, 0.3) is 0 Å². The van der Waals surface area contributed by atoms with E-state index in [1.54, 1.807) is 0 Å². The molecule has 2 saturated carbocycles. The average molecular weight is 827 g/mol. The van der Waals surface area contributed by atoms with Gasteiger partial charge in [-0.25, -0.2) is 4.57 Å². The Hall–Kier alpha value is -5.93. The van der Waals surface area contributed by atoms with Gasteiger partial charge in [-0.3, -0.25) is 0 Å². The van der Waals surface area contributed by atoms with Crippen LogP contribution in [0.3, 0.4) is 0 Å². The minimum atomic E-state index is -0.0782. The molecule has 3 aliphatic rings. The standard InChI is InChI=1S/C60H64N3/c1-58(2,3)44-35-39-60(40-36-44,45-25-29-50(30-26-45)62(48-19-11-7-12-20-48)49-21-13-8-14-22-49)46-27-31-51(32-28-46)63(52-37-41-61(42-38-52)47-17-9-6-10-18-47)53-33-34-55-54-23-15-16-24-56(54)59(4,5)57(55)43-53/h7-8,11-16,19-34,37-38,41-44,47H,6,9-10,17-18,35-36,39-40H2,1-5H3/q+1. The first-order chi connectivity index (χ1) is 30.6. The molecule has 0 amide bonds. The predicted molar refractivity (Wildman–Crippen MR) is 264 cm³/mol. The molecule has 1 aromatic heterocycles. The monoisotopic (exact) mass is 827 g/mol. The molecule has 0 atom stereocenters. The number of rotatable bonds is 9. The van der Waals surface area contributed by atoms with Crippen LogP contribution in [0.5, 0.6) is 0 Å². The molecule has 7 aromatic rings. The summed E-state index contributed by atoms with van der Waals surface area (Å²) < 4.78 is 2.47. The van der Waals surface area contributed by atoms with E-state index >= 15 is 0 Å². The van der Waals surface area contributed by atoms with Crippen LogP contribution in [0.1, 0.15) is 121 Å². The van der Waals surface area contributed by atoms with Crippen molar-refractivity contribution in [1.82, 2.24) is 0 Å². The minimum absolute atomic E-state index is 0.0738. The quantitative estimate of drug-likeness (QED) is 0.134. The molecule has 0 radical (unpaired) electrons. The van der Waals surface area contributed by atoms with E-state index in [1.165, 1.54) is 101 Å². The third-order valence-electron chi connectivity index (χ3n) is 15.4. The minimum Gasteiger partial charge on any atom is -0.311 e. The highest BCUT2D eigenvalue weighted by Crippen LogP contribution is 2.53. The summed E-state index contributed by atoms with van der Waals surface area (Å²) in [5.41, 5.74) is 15.6. The van der Waals surface area contributed by atoms with Crippen molar-refractivity contribution in [3.05, 3.63) is 198 Å². The lowest BCUT2D eigenvalue weighted by Crippen LogP contribution is -2.39. The first kappa shape index (κ1) is 41.1. The van der Waals surface area contributed by atoms with Crippen LogP contribution in [0, 0.1) is 11.3 Å². The molecule has 6 aromatic carbocycles. The molecule has 3 aliphatic carbocycles. The normalized spacial score (nSPS) is 19.5. The molecule has 63 heavy (non-hydrogen) atoms. The Labute approximate surface area is 377 Å². The zero-order valence-corrected chi connectivity index (χ0v) is 38.1. The van der Waals surface area contributed by atoms with Crippen LogP contribution in [0.25, 0.3) is 11.1 Å². The lowest BCUT2D eigenvalue weighted by atomic mass is 9.59. The summed E-state index contributed by atoms with van der Waals surface area (Å²) in [6, 6.07) is 62.3. The second-order valence-corrected chi connectivity index (χ2v) is 20.4. The summed E-state index contributed by atoms with van der Waals surface area (Å²) >= 11 is 0. The van der Waals surface area contributed by atoms with Crippen molar-refractivity contribution < 1.29 is 4.57 Å². The highest BCUT2D eigenvalue weighted by atomic mass is 15.2. The second kappa shape index (κ2) is 16.6. The van der Waals surface area contributed by atoms with E-state index in [-0.39, 0.29) is 10.8 Å². The Morgan fingerprint density at radius 3 is 1.48 bits per heavy atom. The van der Waals surface area contributed by atoms with Gasteiger partial charge in [0.2, 0.25) is 0 Å². The molecular formula is C60H64N3+. The van der Waals surface area contributed by atoms with Gasteiger partial charge in [-0.1, -0.05) is 132 Å². The fourth-order valence-electron chi connectivity index (χ4n) is 11.7. The van der Waals surface area contributed by atoms with Gasteiger partial charge in [0.05, 0.1) is 5.69 Å². The van der Waals surface area contributed by atoms with Gasteiger partial charge in [0.1, 0.15) is 0 Å². The first-order valence-corrected chi connectivity index (χ1v) is 23.8. The zero-order chi connectivity index (χ0) is 43.2. The van der Waals surface area contributed by atoms with Crippen molar-refractivity contribution in [3.8, 4) is 11.1 Å². The molecule has 0 bridgehead atoms. The van der Waals surface area contributed by atoms with Crippen LogP contribution >= 0.6 is 0 Å². The second-order valence-electron chi connectivity index (χ2n) is 20.4. The molecule has 2 fully saturated rings. The number of para-hydroxylation sites is 2. The fraction of sp³-hybridized carbons (Fsp3) is 0.317. The molecule has 3 heteroatoms. The van der Waals surface area contributed by atoms with Gasteiger partial charge >= 0.3 is 0 Å². The van der Waals surface area contributed by atoms with E-state index in [2.05, 4.69) is 225 Å². The maximum atomic E-state index is 2.49. The van der Waals surface area contributed by atoms with Gasteiger partial charge < -0.3 is 9.80 Å². The van der Waals surface area contributed by atoms with Crippen LogP contribution in [-0.2, 0) is 10.8 Å². The van der Waals surface area contributed by atoms with Crippen molar-refractivity contribution in [2.75, 3.05) is 9.80 Å². The number of pyridine rings is 1. The molecule has 0 saturated heterocycles. The van der Waals surface area contributed by atoms with E-state index in [0.29, 0.717) is 17.4 Å². The van der Waals surface area contributed by atoms with E-state index in [0.717, 1.165) is 24.2 Å². The van der Waals surface area contributed by atoms with Crippen molar-refractivity contribution in [1.29, 1.82) is 0 Å². The summed E-state index contributed by atoms with van der Waals surface area (Å²) in [5, 5.41) is 0.